The highest BCUT2D eigenvalue weighted by Crippen LogP contribution is 2.35. The minimum atomic E-state index is -0.0764. The second-order valence-corrected chi connectivity index (χ2v) is 8.89. The lowest BCUT2D eigenvalue weighted by Crippen LogP contribution is -2.27. The molecule has 0 atom stereocenters. The van der Waals surface area contributed by atoms with Crippen molar-refractivity contribution in [3.8, 4) is 21.1 Å². The Balaban J connectivity index is 1.66. The number of rotatable bonds is 7. The van der Waals surface area contributed by atoms with Crippen LogP contribution in [0.3, 0.4) is 0 Å². The first-order chi connectivity index (χ1) is 14.1. The molecular formula is C22H22N4OS2. The van der Waals surface area contributed by atoms with Crippen molar-refractivity contribution < 1.29 is 4.79 Å². The SMILES string of the molecule is CN(C)CCCNC(=O)c1ccc2nc(-c3cccs3)c(-c3cccs3)nc2c1. The van der Waals surface area contributed by atoms with Crippen molar-refractivity contribution in [1.82, 2.24) is 20.2 Å². The summed E-state index contributed by atoms with van der Waals surface area (Å²) in [4.78, 5) is 26.6. The fourth-order valence-electron chi connectivity index (χ4n) is 3.07. The molecule has 0 fully saturated rings. The fraction of sp³-hybridized carbons (Fsp3) is 0.227. The van der Waals surface area contributed by atoms with Gasteiger partial charge in [-0.25, -0.2) is 9.97 Å². The summed E-state index contributed by atoms with van der Waals surface area (Å²) in [7, 11) is 4.05. The fourth-order valence-corrected chi connectivity index (χ4v) is 4.49. The third-order valence-electron chi connectivity index (χ3n) is 4.50. The Bertz CT molecular complexity index is 1110. The van der Waals surface area contributed by atoms with Crippen LogP contribution in [0.2, 0.25) is 0 Å². The Kier molecular flexibility index (Phi) is 5.99. The summed E-state index contributed by atoms with van der Waals surface area (Å²) in [6.45, 7) is 1.59. The Morgan fingerprint density at radius 1 is 0.966 bits per heavy atom. The molecule has 0 aliphatic rings. The molecule has 3 heterocycles. The van der Waals surface area contributed by atoms with Crippen molar-refractivity contribution >= 4 is 39.6 Å². The number of hydrogen-bond donors (Lipinski definition) is 1. The molecule has 1 amide bonds. The molecule has 5 nitrogen and oxygen atoms in total. The van der Waals surface area contributed by atoms with E-state index in [4.69, 9.17) is 9.97 Å². The summed E-state index contributed by atoms with van der Waals surface area (Å²) in [5.74, 6) is -0.0764. The zero-order valence-corrected chi connectivity index (χ0v) is 18.0. The lowest BCUT2D eigenvalue weighted by atomic mass is 10.1. The lowest BCUT2D eigenvalue weighted by Gasteiger charge is -2.11. The second kappa shape index (κ2) is 8.82. The van der Waals surface area contributed by atoms with Crippen molar-refractivity contribution in [2.24, 2.45) is 0 Å². The van der Waals surface area contributed by atoms with E-state index in [9.17, 15) is 4.79 Å². The highest BCUT2D eigenvalue weighted by molar-refractivity contribution is 7.14. The van der Waals surface area contributed by atoms with Gasteiger partial charge < -0.3 is 10.2 Å². The molecule has 0 saturated heterocycles. The van der Waals surface area contributed by atoms with Crippen LogP contribution >= 0.6 is 22.7 Å². The van der Waals surface area contributed by atoms with Crippen LogP contribution in [0, 0.1) is 0 Å². The minimum absolute atomic E-state index is 0.0764. The highest BCUT2D eigenvalue weighted by Gasteiger charge is 2.16. The van der Waals surface area contributed by atoms with Crippen molar-refractivity contribution in [1.29, 1.82) is 0 Å². The van der Waals surface area contributed by atoms with Gasteiger partial charge in [-0.15, -0.1) is 22.7 Å². The predicted octanol–water partition coefficient (Wildman–Crippen LogP) is 4.77. The topological polar surface area (TPSA) is 58.1 Å². The molecule has 0 saturated carbocycles. The van der Waals surface area contributed by atoms with E-state index in [-0.39, 0.29) is 5.91 Å². The van der Waals surface area contributed by atoms with E-state index < -0.39 is 0 Å². The van der Waals surface area contributed by atoms with Crippen LogP contribution in [0.25, 0.3) is 32.2 Å². The van der Waals surface area contributed by atoms with E-state index in [0.717, 1.165) is 45.1 Å². The van der Waals surface area contributed by atoms with Gasteiger partial charge >= 0.3 is 0 Å². The normalized spacial score (nSPS) is 11.3. The molecule has 0 bridgehead atoms. The number of amides is 1. The molecule has 4 aromatic rings. The van der Waals surface area contributed by atoms with E-state index in [1.807, 2.05) is 55.2 Å². The Morgan fingerprint density at radius 2 is 1.62 bits per heavy atom. The van der Waals surface area contributed by atoms with E-state index in [0.29, 0.717) is 12.1 Å². The van der Waals surface area contributed by atoms with Crippen LogP contribution in [0.4, 0.5) is 0 Å². The van der Waals surface area contributed by atoms with E-state index in [1.54, 1.807) is 22.7 Å². The van der Waals surface area contributed by atoms with Crippen LogP contribution in [-0.2, 0) is 0 Å². The van der Waals surface area contributed by atoms with Gasteiger partial charge in [-0.2, -0.15) is 0 Å². The molecule has 7 heteroatoms. The monoisotopic (exact) mass is 422 g/mol. The maximum absolute atomic E-state index is 12.5. The summed E-state index contributed by atoms with van der Waals surface area (Å²) >= 11 is 3.29. The largest absolute Gasteiger partial charge is 0.352 e. The molecular weight excluding hydrogens is 400 g/mol. The average Bonchev–Trinajstić information content (AvgIpc) is 3.43. The van der Waals surface area contributed by atoms with Gasteiger partial charge in [-0.05, 0) is 68.2 Å². The number of carbonyl (C=O) groups is 1. The van der Waals surface area contributed by atoms with Crippen LogP contribution in [0.15, 0.2) is 53.2 Å². The third kappa shape index (κ3) is 4.53. The van der Waals surface area contributed by atoms with Crippen LogP contribution in [0.5, 0.6) is 0 Å². The third-order valence-corrected chi connectivity index (χ3v) is 6.26. The molecule has 0 unspecified atom stereocenters. The summed E-state index contributed by atoms with van der Waals surface area (Å²) in [5.41, 5.74) is 3.87. The molecule has 0 radical (unpaired) electrons. The maximum atomic E-state index is 12.5. The zero-order chi connectivity index (χ0) is 20.2. The van der Waals surface area contributed by atoms with Crippen molar-refractivity contribution in [3.63, 3.8) is 0 Å². The average molecular weight is 423 g/mol. The van der Waals surface area contributed by atoms with Gasteiger partial charge in [0.25, 0.3) is 5.91 Å². The Labute approximate surface area is 178 Å². The zero-order valence-electron chi connectivity index (χ0n) is 16.4. The summed E-state index contributed by atoms with van der Waals surface area (Å²) in [6, 6.07) is 13.7. The molecule has 29 heavy (non-hydrogen) atoms. The molecule has 3 aromatic heterocycles. The van der Waals surface area contributed by atoms with E-state index >= 15 is 0 Å². The maximum Gasteiger partial charge on any atom is 0.251 e. The van der Waals surface area contributed by atoms with Gasteiger partial charge in [-0.1, -0.05) is 12.1 Å². The molecule has 1 aromatic carbocycles. The number of thiophene rings is 2. The number of fused-ring (bicyclic) bond motifs is 1. The van der Waals surface area contributed by atoms with Crippen molar-refractivity contribution in [2.75, 3.05) is 27.2 Å². The summed E-state index contributed by atoms with van der Waals surface area (Å²) in [5, 5.41) is 7.07. The van der Waals surface area contributed by atoms with Gasteiger partial charge in [0.2, 0.25) is 0 Å². The molecule has 1 N–H and O–H groups in total. The number of benzene rings is 1. The molecule has 4 rings (SSSR count). The van der Waals surface area contributed by atoms with Gasteiger partial charge in [0, 0.05) is 12.1 Å². The van der Waals surface area contributed by atoms with Crippen LogP contribution in [-0.4, -0.2) is 48.0 Å². The number of nitrogens with zero attached hydrogens (tertiary/aromatic N) is 3. The molecule has 148 valence electrons. The second-order valence-electron chi connectivity index (χ2n) is 6.99. The number of hydrogen-bond acceptors (Lipinski definition) is 6. The quantitative estimate of drug-likeness (QED) is 0.436. The van der Waals surface area contributed by atoms with Crippen molar-refractivity contribution in [3.05, 3.63) is 58.8 Å². The first kappa shape index (κ1) is 19.7. The standard InChI is InChI=1S/C22H22N4OS2/c1-26(2)11-5-10-23-22(27)15-8-9-16-17(14-15)25-21(19-7-4-13-29-19)20(24-16)18-6-3-12-28-18/h3-4,6-9,12-14H,5,10-11H2,1-2H3,(H,23,27). The Morgan fingerprint density at radius 3 is 2.21 bits per heavy atom. The Hall–Kier alpha value is -2.61. The van der Waals surface area contributed by atoms with Crippen LogP contribution in [0.1, 0.15) is 16.8 Å². The van der Waals surface area contributed by atoms with E-state index in [2.05, 4.69) is 22.3 Å². The summed E-state index contributed by atoms with van der Waals surface area (Å²) < 4.78 is 0. The number of carbonyl (C=O) groups excluding carboxylic acids is 1. The minimum Gasteiger partial charge on any atom is -0.352 e. The van der Waals surface area contributed by atoms with Gasteiger partial charge in [0.05, 0.1) is 20.8 Å². The van der Waals surface area contributed by atoms with Gasteiger partial charge in [0.15, 0.2) is 0 Å². The number of aromatic nitrogens is 2. The van der Waals surface area contributed by atoms with Crippen molar-refractivity contribution in [2.45, 2.75) is 6.42 Å². The summed E-state index contributed by atoms with van der Waals surface area (Å²) in [6.07, 6.45) is 0.916. The molecule has 0 spiro atoms. The number of nitrogens with one attached hydrogen (secondary N) is 1. The first-order valence-electron chi connectivity index (χ1n) is 9.44. The molecule has 0 aliphatic carbocycles. The van der Waals surface area contributed by atoms with Crippen LogP contribution < -0.4 is 5.32 Å². The smallest absolute Gasteiger partial charge is 0.251 e. The van der Waals surface area contributed by atoms with E-state index in [1.165, 1.54) is 0 Å². The predicted molar refractivity (Wildman–Crippen MR) is 122 cm³/mol. The lowest BCUT2D eigenvalue weighted by molar-refractivity contribution is 0.0952. The molecule has 0 aliphatic heterocycles. The first-order valence-corrected chi connectivity index (χ1v) is 11.2. The van der Waals surface area contributed by atoms with Gasteiger partial charge in [-0.3, -0.25) is 4.79 Å². The highest BCUT2D eigenvalue weighted by atomic mass is 32.1. The van der Waals surface area contributed by atoms with Gasteiger partial charge in [0.1, 0.15) is 11.4 Å².